The molecule has 0 N–H and O–H groups in total. The summed E-state index contributed by atoms with van der Waals surface area (Å²) in [6.45, 7) is 2.71. The molecule has 2 aromatic heterocycles. The van der Waals surface area contributed by atoms with E-state index in [9.17, 15) is 4.21 Å². The van der Waals surface area contributed by atoms with Crippen LogP contribution in [0.5, 0.6) is 0 Å². The summed E-state index contributed by atoms with van der Waals surface area (Å²) in [5, 5.41) is 10.5. The number of benzene rings is 1. The molecule has 0 saturated carbocycles. The van der Waals surface area contributed by atoms with E-state index in [0.717, 1.165) is 18.5 Å². The lowest BCUT2D eigenvalue weighted by molar-refractivity contribution is 0.610. The van der Waals surface area contributed by atoms with Gasteiger partial charge in [-0.2, -0.15) is 0 Å². The first-order valence-electron chi connectivity index (χ1n) is 7.11. The molecule has 0 aliphatic rings. The first-order chi connectivity index (χ1) is 10.8. The Morgan fingerprint density at radius 1 is 1.23 bits per heavy atom. The molecule has 2 heterocycles. The maximum atomic E-state index is 12.8. The van der Waals surface area contributed by atoms with E-state index in [4.69, 9.17) is 0 Å². The minimum absolute atomic E-state index is 0.106. The summed E-state index contributed by atoms with van der Waals surface area (Å²) >= 11 is 1.73. The minimum atomic E-state index is -1.22. The van der Waals surface area contributed by atoms with Crippen LogP contribution >= 0.6 is 11.3 Å². The molecule has 0 unspecified atom stereocenters. The molecular weight excluding hydrogens is 314 g/mol. The third-order valence-electron chi connectivity index (χ3n) is 3.53. The molecule has 0 fully saturated rings. The Kier molecular flexibility index (Phi) is 4.80. The van der Waals surface area contributed by atoms with Crippen molar-refractivity contribution in [2.75, 3.05) is 0 Å². The van der Waals surface area contributed by atoms with E-state index in [1.807, 2.05) is 47.9 Å². The Bertz CT molecular complexity index is 738. The smallest absolute Gasteiger partial charge is 0.222 e. The number of nitrogens with zero attached hydrogens (tertiary/aromatic N) is 3. The van der Waals surface area contributed by atoms with Crippen LogP contribution in [0, 0.1) is 0 Å². The molecule has 1 aromatic carbocycles. The van der Waals surface area contributed by atoms with Crippen molar-refractivity contribution < 1.29 is 4.21 Å². The number of hydrogen-bond donors (Lipinski definition) is 0. The van der Waals surface area contributed by atoms with Crippen molar-refractivity contribution in [1.29, 1.82) is 0 Å². The van der Waals surface area contributed by atoms with Crippen molar-refractivity contribution in [3.8, 4) is 0 Å². The molecule has 0 spiro atoms. The van der Waals surface area contributed by atoms with Crippen LogP contribution in [0.1, 0.15) is 22.6 Å². The van der Waals surface area contributed by atoms with Crippen molar-refractivity contribution in [1.82, 2.24) is 14.8 Å². The van der Waals surface area contributed by atoms with Gasteiger partial charge in [-0.15, -0.1) is 21.5 Å². The van der Waals surface area contributed by atoms with Crippen molar-refractivity contribution in [3.63, 3.8) is 0 Å². The maximum absolute atomic E-state index is 12.8. The maximum Gasteiger partial charge on any atom is 0.222 e. The van der Waals surface area contributed by atoms with Gasteiger partial charge in [0.1, 0.15) is 6.33 Å². The molecule has 4 nitrogen and oxygen atoms in total. The first kappa shape index (κ1) is 15.1. The second-order valence-corrected chi connectivity index (χ2v) is 7.69. The Morgan fingerprint density at radius 2 is 2.05 bits per heavy atom. The van der Waals surface area contributed by atoms with Crippen LogP contribution in [-0.2, 0) is 23.8 Å². The lowest BCUT2D eigenvalue weighted by Gasteiger charge is -2.12. The number of hydrogen-bond acceptors (Lipinski definition) is 4. The van der Waals surface area contributed by atoms with Gasteiger partial charge in [-0.05, 0) is 30.4 Å². The zero-order valence-electron chi connectivity index (χ0n) is 12.3. The van der Waals surface area contributed by atoms with Gasteiger partial charge in [-0.3, -0.25) is 4.21 Å². The molecule has 3 aromatic rings. The second-order valence-electron chi connectivity index (χ2n) is 4.99. The van der Waals surface area contributed by atoms with Crippen LogP contribution in [-0.4, -0.2) is 19.0 Å². The van der Waals surface area contributed by atoms with Crippen LogP contribution in [0.25, 0.3) is 0 Å². The number of aromatic nitrogens is 3. The van der Waals surface area contributed by atoms with Crippen molar-refractivity contribution in [3.05, 3.63) is 64.6 Å². The summed E-state index contributed by atoms with van der Waals surface area (Å²) in [5.74, 6) is 0. The highest BCUT2D eigenvalue weighted by atomic mass is 32.2. The molecule has 0 amide bonds. The van der Waals surface area contributed by atoms with Gasteiger partial charge >= 0.3 is 0 Å². The van der Waals surface area contributed by atoms with Gasteiger partial charge in [0.2, 0.25) is 5.16 Å². The normalized spacial score (nSPS) is 13.9. The van der Waals surface area contributed by atoms with E-state index in [2.05, 4.69) is 21.6 Å². The molecule has 3 rings (SSSR count). The van der Waals surface area contributed by atoms with Crippen LogP contribution < -0.4 is 0 Å². The van der Waals surface area contributed by atoms with Crippen molar-refractivity contribution in [2.24, 2.45) is 0 Å². The van der Waals surface area contributed by atoms with Crippen LogP contribution in [0.3, 0.4) is 0 Å². The predicted molar refractivity (Wildman–Crippen MR) is 89.3 cm³/mol. The number of thiophene rings is 1. The molecule has 6 heteroatoms. The summed E-state index contributed by atoms with van der Waals surface area (Å²) in [7, 11) is -1.22. The summed E-state index contributed by atoms with van der Waals surface area (Å²) in [5.41, 5.74) is 1.05. The van der Waals surface area contributed by atoms with E-state index in [0.29, 0.717) is 5.16 Å². The topological polar surface area (TPSA) is 47.8 Å². The average molecular weight is 331 g/mol. The molecule has 2 atom stereocenters. The van der Waals surface area contributed by atoms with E-state index in [1.165, 1.54) is 4.88 Å². The van der Waals surface area contributed by atoms with Crippen LogP contribution in [0.4, 0.5) is 0 Å². The SMILES string of the molecule is C[C@@H](c1ccccc1)[S@](=O)c1nncn1CCc1cccs1. The van der Waals surface area contributed by atoms with Gasteiger partial charge < -0.3 is 4.57 Å². The monoisotopic (exact) mass is 331 g/mol. The van der Waals surface area contributed by atoms with Gasteiger partial charge in [-0.25, -0.2) is 0 Å². The van der Waals surface area contributed by atoms with Crippen LogP contribution in [0.15, 0.2) is 59.3 Å². The fraction of sp³-hybridized carbons (Fsp3) is 0.250. The molecule has 22 heavy (non-hydrogen) atoms. The minimum Gasteiger partial charge on any atom is -0.306 e. The van der Waals surface area contributed by atoms with E-state index in [1.54, 1.807) is 17.7 Å². The second kappa shape index (κ2) is 6.98. The molecule has 0 saturated heterocycles. The predicted octanol–water partition coefficient (Wildman–Crippen LogP) is 3.45. The van der Waals surface area contributed by atoms with E-state index < -0.39 is 10.8 Å². The first-order valence-corrected chi connectivity index (χ1v) is 9.20. The zero-order valence-corrected chi connectivity index (χ0v) is 13.9. The fourth-order valence-electron chi connectivity index (χ4n) is 2.24. The summed E-state index contributed by atoms with van der Waals surface area (Å²) in [6, 6.07) is 14.0. The van der Waals surface area contributed by atoms with Gasteiger partial charge in [0.15, 0.2) is 0 Å². The fourth-order valence-corrected chi connectivity index (χ4v) is 4.16. The van der Waals surface area contributed by atoms with E-state index >= 15 is 0 Å². The van der Waals surface area contributed by atoms with Gasteiger partial charge in [-0.1, -0.05) is 36.4 Å². The third-order valence-corrected chi connectivity index (χ3v) is 6.06. The molecule has 114 valence electrons. The highest BCUT2D eigenvalue weighted by Gasteiger charge is 2.20. The quantitative estimate of drug-likeness (QED) is 0.695. The Hall–Kier alpha value is -1.79. The Morgan fingerprint density at radius 3 is 2.77 bits per heavy atom. The summed E-state index contributed by atoms with van der Waals surface area (Å²) in [4.78, 5) is 1.31. The Labute approximate surface area is 136 Å². The molecule has 0 radical (unpaired) electrons. The number of rotatable bonds is 6. The molecular formula is C16H17N3OS2. The Balaban J connectivity index is 1.74. The van der Waals surface area contributed by atoms with Crippen LogP contribution in [0.2, 0.25) is 0 Å². The zero-order chi connectivity index (χ0) is 15.4. The standard InChI is InChI=1S/C16H17N3OS2/c1-13(14-6-3-2-4-7-14)22(20)16-18-17-12-19(16)10-9-15-8-5-11-21-15/h2-8,11-13H,9-10H2,1H3/t13-,22-/m0/s1. The summed E-state index contributed by atoms with van der Waals surface area (Å²) in [6.07, 6.45) is 2.57. The average Bonchev–Trinajstić information content (AvgIpc) is 3.23. The van der Waals surface area contributed by atoms with Crippen molar-refractivity contribution in [2.45, 2.75) is 30.3 Å². The highest BCUT2D eigenvalue weighted by Crippen LogP contribution is 2.23. The van der Waals surface area contributed by atoms with Gasteiger partial charge in [0, 0.05) is 11.4 Å². The number of aryl methyl sites for hydroxylation is 2. The largest absolute Gasteiger partial charge is 0.306 e. The molecule has 0 aliphatic carbocycles. The highest BCUT2D eigenvalue weighted by molar-refractivity contribution is 7.85. The van der Waals surface area contributed by atoms with E-state index in [-0.39, 0.29) is 5.25 Å². The van der Waals surface area contributed by atoms with Crippen molar-refractivity contribution >= 4 is 22.1 Å². The lowest BCUT2D eigenvalue weighted by atomic mass is 10.2. The lowest BCUT2D eigenvalue weighted by Crippen LogP contribution is -2.11. The van der Waals surface area contributed by atoms with Gasteiger partial charge in [0.05, 0.1) is 16.0 Å². The molecule has 0 bridgehead atoms. The molecule has 0 aliphatic heterocycles. The summed E-state index contributed by atoms with van der Waals surface area (Å²) < 4.78 is 14.7. The van der Waals surface area contributed by atoms with Gasteiger partial charge in [0.25, 0.3) is 0 Å². The third kappa shape index (κ3) is 3.34.